The number of allylic oxidation sites excluding steroid dienone is 1. The molecule has 0 amide bonds. The number of nitriles is 1. The maximum atomic E-state index is 12.9. The number of hydrogen-bond donors (Lipinski definition) is 0. The second-order valence-corrected chi connectivity index (χ2v) is 10.4. The van der Waals surface area contributed by atoms with Gasteiger partial charge in [-0.2, -0.15) is 5.26 Å². The van der Waals surface area contributed by atoms with Crippen LogP contribution in [0.5, 0.6) is 11.5 Å². The average molecular weight is 503 g/mol. The van der Waals surface area contributed by atoms with Crippen LogP contribution < -0.4 is 4.74 Å². The molecule has 0 unspecified atom stereocenters. The van der Waals surface area contributed by atoms with Gasteiger partial charge in [0.25, 0.3) is 0 Å². The van der Waals surface area contributed by atoms with Crippen LogP contribution in [0.4, 0.5) is 0 Å². The van der Waals surface area contributed by atoms with Crippen LogP contribution >= 0.6 is 31.9 Å². The lowest BCUT2D eigenvalue weighted by molar-refractivity contribution is -0.121. The number of hydrogen-bond acceptors (Lipinski definition) is 3. The van der Waals surface area contributed by atoms with Crippen molar-refractivity contribution in [1.29, 1.82) is 5.26 Å². The Hall–Kier alpha value is -1.90. The van der Waals surface area contributed by atoms with Gasteiger partial charge in [0.15, 0.2) is 0 Å². The molecule has 1 aliphatic carbocycles. The molecular weight excluding hydrogens is 482 g/mol. The first-order chi connectivity index (χ1) is 13.3. The molecule has 1 saturated carbocycles. The second-order valence-electron chi connectivity index (χ2n) is 7.62. The van der Waals surface area contributed by atoms with Gasteiger partial charge >= 0.3 is 0 Å². The number of ether oxygens (including phenoxy) is 1. The van der Waals surface area contributed by atoms with Crippen molar-refractivity contribution in [2.24, 2.45) is 17.3 Å². The summed E-state index contributed by atoms with van der Waals surface area (Å²) < 4.78 is 6.72. The van der Waals surface area contributed by atoms with E-state index in [2.05, 4.69) is 51.8 Å². The van der Waals surface area contributed by atoms with Crippen molar-refractivity contribution in [3.8, 4) is 17.6 Å². The van der Waals surface area contributed by atoms with Crippen LogP contribution in [0.3, 0.4) is 0 Å². The zero-order valence-corrected chi connectivity index (χ0v) is 18.9. The smallest absolute Gasteiger partial charge is 0.138 e. The molecule has 0 saturated heterocycles. The largest absolute Gasteiger partial charge is 0.457 e. The first-order valence-corrected chi connectivity index (χ1v) is 10.7. The van der Waals surface area contributed by atoms with Crippen molar-refractivity contribution in [3.05, 3.63) is 69.6 Å². The molecule has 0 heterocycles. The van der Waals surface area contributed by atoms with E-state index in [1.165, 1.54) is 0 Å². The van der Waals surface area contributed by atoms with Gasteiger partial charge in [-0.25, -0.2) is 0 Å². The number of halogens is 2. The van der Waals surface area contributed by atoms with E-state index in [1.54, 1.807) is 0 Å². The first kappa shape index (κ1) is 20.8. The fourth-order valence-corrected chi connectivity index (χ4v) is 4.29. The highest BCUT2D eigenvalue weighted by molar-refractivity contribution is 9.28. The first-order valence-electron chi connectivity index (χ1n) is 9.11. The summed E-state index contributed by atoms with van der Waals surface area (Å²) >= 11 is 6.76. The molecule has 0 bridgehead atoms. The van der Waals surface area contributed by atoms with Crippen molar-refractivity contribution >= 4 is 37.6 Å². The van der Waals surface area contributed by atoms with Crippen molar-refractivity contribution in [3.63, 3.8) is 0 Å². The summed E-state index contributed by atoms with van der Waals surface area (Å²) in [4.78, 5) is 12.9. The lowest BCUT2D eigenvalue weighted by atomic mass is 9.92. The molecule has 28 heavy (non-hydrogen) atoms. The number of carbonyl (C=O) groups is 1. The van der Waals surface area contributed by atoms with Crippen LogP contribution in [0.25, 0.3) is 0 Å². The van der Waals surface area contributed by atoms with Crippen molar-refractivity contribution in [1.82, 2.24) is 0 Å². The Morgan fingerprint density at radius 3 is 2.50 bits per heavy atom. The van der Waals surface area contributed by atoms with Gasteiger partial charge in [0.2, 0.25) is 0 Å². The van der Waals surface area contributed by atoms with Gasteiger partial charge < -0.3 is 4.74 Å². The molecule has 5 heteroatoms. The predicted octanol–water partition coefficient (Wildman–Crippen LogP) is 6.95. The third-order valence-corrected chi connectivity index (χ3v) is 5.89. The van der Waals surface area contributed by atoms with Crippen LogP contribution in [0.15, 0.2) is 64.1 Å². The highest BCUT2D eigenvalue weighted by Gasteiger charge is 2.60. The third kappa shape index (κ3) is 4.74. The molecule has 0 spiro atoms. The number of carbonyl (C=O) groups excluding carboxylic acids is 1. The van der Waals surface area contributed by atoms with Crippen molar-refractivity contribution in [2.75, 3.05) is 0 Å². The summed E-state index contributed by atoms with van der Waals surface area (Å²) in [6.45, 7) is 4.19. The SMILES string of the molecule is CC1(C)[C@H](C(=O)C[C@H](C#N)c2cccc(Oc3ccccc3)c2)[C@@H]1C=C(Br)Br. The van der Waals surface area contributed by atoms with E-state index < -0.39 is 5.92 Å². The van der Waals surface area contributed by atoms with Crippen LogP contribution in [-0.4, -0.2) is 5.78 Å². The molecule has 1 fully saturated rings. The molecule has 0 aliphatic heterocycles. The van der Waals surface area contributed by atoms with Crippen LogP contribution in [0.2, 0.25) is 0 Å². The van der Waals surface area contributed by atoms with Crippen LogP contribution in [0.1, 0.15) is 31.7 Å². The molecule has 0 radical (unpaired) electrons. The molecule has 0 N–H and O–H groups in total. The Morgan fingerprint density at radius 2 is 1.86 bits per heavy atom. The molecule has 3 atom stereocenters. The van der Waals surface area contributed by atoms with E-state index >= 15 is 0 Å². The zero-order valence-electron chi connectivity index (χ0n) is 15.7. The Bertz CT molecular complexity index is 927. The number of ketones is 1. The van der Waals surface area contributed by atoms with E-state index in [0.717, 1.165) is 14.7 Å². The summed E-state index contributed by atoms with van der Waals surface area (Å²) in [5.74, 6) is 1.16. The fraction of sp³-hybridized carbons (Fsp3) is 0.304. The molecular formula is C23H21Br2NO2. The molecule has 144 valence electrons. The summed E-state index contributed by atoms with van der Waals surface area (Å²) in [5.41, 5.74) is 0.721. The highest BCUT2D eigenvalue weighted by atomic mass is 79.9. The monoisotopic (exact) mass is 501 g/mol. The Morgan fingerprint density at radius 1 is 1.18 bits per heavy atom. The number of Topliss-reactive ketones (excluding diaryl/α,β-unsaturated/α-hetero) is 1. The minimum Gasteiger partial charge on any atom is -0.457 e. The van der Waals surface area contributed by atoms with E-state index in [-0.39, 0.29) is 29.5 Å². The van der Waals surface area contributed by atoms with E-state index in [9.17, 15) is 10.1 Å². The molecule has 2 aromatic rings. The summed E-state index contributed by atoms with van der Waals surface area (Å²) in [7, 11) is 0. The number of benzene rings is 2. The van der Waals surface area contributed by atoms with Crippen LogP contribution in [-0.2, 0) is 4.79 Å². The molecule has 2 aromatic carbocycles. The topological polar surface area (TPSA) is 50.1 Å². The summed E-state index contributed by atoms with van der Waals surface area (Å²) in [6, 6.07) is 19.2. The maximum absolute atomic E-state index is 12.9. The van der Waals surface area contributed by atoms with Gasteiger partial charge in [-0.3, -0.25) is 4.79 Å². The van der Waals surface area contributed by atoms with E-state index in [1.807, 2.05) is 60.7 Å². The predicted molar refractivity (Wildman–Crippen MR) is 118 cm³/mol. The zero-order chi connectivity index (χ0) is 20.3. The molecule has 0 aromatic heterocycles. The molecule has 3 nitrogen and oxygen atoms in total. The standard InChI is InChI=1S/C23H21Br2NO2/c1-23(2)19(13-21(24)25)22(23)20(27)12-16(14-26)15-7-6-10-18(11-15)28-17-8-4-3-5-9-17/h3-11,13,16,19,22H,12H2,1-2H3/t16-,19+,22+/m1/s1. The van der Waals surface area contributed by atoms with Crippen molar-refractivity contribution in [2.45, 2.75) is 26.2 Å². The summed E-state index contributed by atoms with van der Waals surface area (Å²) in [6.07, 6.45) is 2.24. The molecule has 1 aliphatic rings. The lowest BCUT2D eigenvalue weighted by Crippen LogP contribution is -2.11. The normalized spacial score (nSPS) is 20.5. The third-order valence-electron chi connectivity index (χ3n) is 5.36. The lowest BCUT2D eigenvalue weighted by Gasteiger charge is -2.12. The van der Waals surface area contributed by atoms with Gasteiger partial charge in [0, 0.05) is 12.3 Å². The minimum atomic E-state index is -0.486. The van der Waals surface area contributed by atoms with Crippen LogP contribution in [0, 0.1) is 28.6 Å². The average Bonchev–Trinajstić information content (AvgIpc) is 3.20. The van der Waals surface area contributed by atoms with E-state index in [0.29, 0.717) is 5.75 Å². The van der Waals surface area contributed by atoms with Gasteiger partial charge in [-0.05, 0) is 73.0 Å². The van der Waals surface area contributed by atoms with Gasteiger partial charge in [0.05, 0.1) is 15.4 Å². The Balaban J connectivity index is 1.72. The molecule has 3 rings (SSSR count). The quantitative estimate of drug-likeness (QED) is 0.411. The number of rotatable bonds is 7. The van der Waals surface area contributed by atoms with Gasteiger partial charge in [-0.1, -0.05) is 50.3 Å². The number of nitrogens with zero attached hydrogens (tertiary/aromatic N) is 1. The second kappa shape index (κ2) is 8.63. The minimum absolute atomic E-state index is 0.0581. The van der Waals surface area contributed by atoms with Gasteiger partial charge in [0.1, 0.15) is 17.3 Å². The summed E-state index contributed by atoms with van der Waals surface area (Å²) in [5, 5.41) is 9.68. The fourth-order valence-electron chi connectivity index (χ4n) is 3.73. The van der Waals surface area contributed by atoms with E-state index in [4.69, 9.17) is 4.74 Å². The number of para-hydroxylation sites is 1. The van der Waals surface area contributed by atoms with Crippen molar-refractivity contribution < 1.29 is 9.53 Å². The maximum Gasteiger partial charge on any atom is 0.138 e. The highest BCUT2D eigenvalue weighted by Crippen LogP contribution is 2.60. The Kier molecular flexibility index (Phi) is 6.42. The van der Waals surface area contributed by atoms with Gasteiger partial charge in [-0.15, -0.1) is 0 Å². The Labute approximate surface area is 182 Å².